The molecule has 0 saturated heterocycles. The lowest BCUT2D eigenvalue weighted by Crippen LogP contribution is -2.24. The zero-order chi connectivity index (χ0) is 15.2. The van der Waals surface area contributed by atoms with Gasteiger partial charge >= 0.3 is 0 Å². The Morgan fingerprint density at radius 2 is 2.00 bits per heavy atom. The monoisotopic (exact) mass is 291 g/mol. The van der Waals surface area contributed by atoms with Crippen LogP contribution in [0.3, 0.4) is 0 Å². The molecule has 2 heterocycles. The SMILES string of the molecule is CNc1nc(NC(C)CCN(C)C)nc(-n2cncn2)n1. The molecule has 0 fully saturated rings. The third kappa shape index (κ3) is 4.35. The number of hydrogen-bond acceptors (Lipinski definition) is 8. The van der Waals surface area contributed by atoms with E-state index >= 15 is 0 Å². The molecule has 9 heteroatoms. The molecule has 0 bridgehead atoms. The van der Waals surface area contributed by atoms with E-state index in [-0.39, 0.29) is 6.04 Å². The van der Waals surface area contributed by atoms with E-state index in [1.54, 1.807) is 13.4 Å². The number of hydrogen-bond donors (Lipinski definition) is 2. The molecule has 0 aromatic carbocycles. The van der Waals surface area contributed by atoms with Gasteiger partial charge in [0.05, 0.1) is 0 Å². The lowest BCUT2D eigenvalue weighted by Gasteiger charge is -2.17. The van der Waals surface area contributed by atoms with Gasteiger partial charge in [-0.2, -0.15) is 24.7 Å². The van der Waals surface area contributed by atoms with Gasteiger partial charge in [-0.15, -0.1) is 0 Å². The van der Waals surface area contributed by atoms with Crippen LogP contribution < -0.4 is 10.6 Å². The molecule has 2 rings (SSSR count). The van der Waals surface area contributed by atoms with Crippen LogP contribution in [-0.2, 0) is 0 Å². The number of nitrogens with zero attached hydrogens (tertiary/aromatic N) is 7. The average Bonchev–Trinajstić information content (AvgIpc) is 2.99. The lowest BCUT2D eigenvalue weighted by molar-refractivity contribution is 0.390. The highest BCUT2D eigenvalue weighted by Crippen LogP contribution is 2.10. The van der Waals surface area contributed by atoms with Crippen molar-refractivity contribution in [3.05, 3.63) is 12.7 Å². The first kappa shape index (κ1) is 15.1. The maximum absolute atomic E-state index is 4.36. The van der Waals surface area contributed by atoms with E-state index in [2.05, 4.69) is 61.6 Å². The van der Waals surface area contributed by atoms with Crippen LogP contribution in [0.25, 0.3) is 5.95 Å². The van der Waals surface area contributed by atoms with Crippen LogP contribution >= 0.6 is 0 Å². The minimum absolute atomic E-state index is 0.253. The zero-order valence-corrected chi connectivity index (χ0v) is 12.8. The fraction of sp³-hybridized carbons (Fsp3) is 0.583. The summed E-state index contributed by atoms with van der Waals surface area (Å²) in [7, 11) is 5.87. The van der Waals surface area contributed by atoms with E-state index in [1.165, 1.54) is 11.0 Å². The van der Waals surface area contributed by atoms with Gasteiger partial charge in [-0.3, -0.25) is 0 Å². The van der Waals surface area contributed by atoms with Gasteiger partial charge in [0, 0.05) is 13.1 Å². The zero-order valence-electron chi connectivity index (χ0n) is 12.8. The fourth-order valence-electron chi connectivity index (χ4n) is 1.70. The first-order valence-electron chi connectivity index (χ1n) is 6.78. The van der Waals surface area contributed by atoms with Gasteiger partial charge in [0.2, 0.25) is 11.9 Å². The van der Waals surface area contributed by atoms with Crippen LogP contribution in [0, 0.1) is 0 Å². The Labute approximate surface area is 123 Å². The van der Waals surface area contributed by atoms with Crippen molar-refractivity contribution in [2.24, 2.45) is 0 Å². The Hall–Kier alpha value is -2.29. The second-order valence-electron chi connectivity index (χ2n) is 5.01. The highest BCUT2D eigenvalue weighted by molar-refractivity contribution is 5.37. The summed E-state index contributed by atoms with van der Waals surface area (Å²) in [4.78, 5) is 19.0. The Kier molecular flexibility index (Phi) is 4.99. The van der Waals surface area contributed by atoms with Crippen LogP contribution in [0.5, 0.6) is 0 Å². The van der Waals surface area contributed by atoms with E-state index < -0.39 is 0 Å². The lowest BCUT2D eigenvalue weighted by atomic mass is 10.2. The molecule has 9 nitrogen and oxygen atoms in total. The van der Waals surface area contributed by atoms with Gasteiger partial charge in [0.1, 0.15) is 12.7 Å². The van der Waals surface area contributed by atoms with Gasteiger partial charge < -0.3 is 15.5 Å². The van der Waals surface area contributed by atoms with Gasteiger partial charge in [-0.1, -0.05) is 0 Å². The van der Waals surface area contributed by atoms with Crippen molar-refractivity contribution in [3.8, 4) is 5.95 Å². The standard InChI is InChI=1S/C12H21N9/c1-9(5-6-20(3)4)16-11-17-10(13-2)18-12(19-11)21-8-14-7-15-21/h7-9H,5-6H2,1-4H3,(H2,13,16,17,18,19). The minimum atomic E-state index is 0.253. The Bertz CT molecular complexity index is 552. The summed E-state index contributed by atoms with van der Waals surface area (Å²) >= 11 is 0. The molecule has 2 N–H and O–H groups in total. The largest absolute Gasteiger partial charge is 0.357 e. The third-order valence-electron chi connectivity index (χ3n) is 2.86. The van der Waals surface area contributed by atoms with Gasteiger partial charge in [0.25, 0.3) is 5.95 Å². The van der Waals surface area contributed by atoms with Crippen LogP contribution in [0.2, 0.25) is 0 Å². The second-order valence-corrected chi connectivity index (χ2v) is 5.01. The summed E-state index contributed by atoms with van der Waals surface area (Å²) in [6.07, 6.45) is 3.98. The van der Waals surface area contributed by atoms with E-state index in [9.17, 15) is 0 Å². The molecule has 1 atom stereocenters. The Morgan fingerprint density at radius 1 is 1.24 bits per heavy atom. The van der Waals surface area contributed by atoms with Crippen LogP contribution in [0.15, 0.2) is 12.7 Å². The second kappa shape index (κ2) is 6.93. The van der Waals surface area contributed by atoms with Crippen LogP contribution in [-0.4, -0.2) is 68.3 Å². The Morgan fingerprint density at radius 3 is 2.62 bits per heavy atom. The van der Waals surface area contributed by atoms with Crippen LogP contribution in [0.1, 0.15) is 13.3 Å². The highest BCUT2D eigenvalue weighted by atomic mass is 15.4. The summed E-state index contributed by atoms with van der Waals surface area (Å²) < 4.78 is 1.50. The molecule has 0 aliphatic carbocycles. The predicted octanol–water partition coefficient (Wildman–Crippen LogP) is 0.246. The molecule has 0 radical (unpaired) electrons. The maximum Gasteiger partial charge on any atom is 0.258 e. The molecule has 2 aromatic rings. The summed E-state index contributed by atoms with van der Waals surface area (Å²) in [6, 6.07) is 0.253. The number of nitrogens with one attached hydrogen (secondary N) is 2. The normalized spacial score (nSPS) is 12.4. The maximum atomic E-state index is 4.36. The Balaban J connectivity index is 2.13. The van der Waals surface area contributed by atoms with Crippen LogP contribution in [0.4, 0.5) is 11.9 Å². The minimum Gasteiger partial charge on any atom is -0.357 e. The predicted molar refractivity (Wildman–Crippen MR) is 80.5 cm³/mol. The van der Waals surface area contributed by atoms with E-state index in [4.69, 9.17) is 0 Å². The topological polar surface area (TPSA) is 96.7 Å². The van der Waals surface area contributed by atoms with Crippen molar-refractivity contribution in [3.63, 3.8) is 0 Å². The van der Waals surface area contributed by atoms with Gasteiger partial charge in [-0.05, 0) is 34.0 Å². The smallest absolute Gasteiger partial charge is 0.258 e. The summed E-state index contributed by atoms with van der Waals surface area (Å²) in [6.45, 7) is 3.09. The average molecular weight is 291 g/mol. The van der Waals surface area contributed by atoms with Gasteiger partial charge in [0.15, 0.2) is 0 Å². The summed E-state index contributed by atoms with van der Waals surface area (Å²) in [5.41, 5.74) is 0. The van der Waals surface area contributed by atoms with Crippen molar-refractivity contribution >= 4 is 11.9 Å². The van der Waals surface area contributed by atoms with Crippen molar-refractivity contribution in [2.75, 3.05) is 38.3 Å². The van der Waals surface area contributed by atoms with Crippen molar-refractivity contribution < 1.29 is 0 Å². The summed E-state index contributed by atoms with van der Waals surface area (Å²) in [5, 5.41) is 10.2. The van der Waals surface area contributed by atoms with E-state index in [1.807, 2.05) is 0 Å². The number of aromatic nitrogens is 6. The number of anilines is 2. The molecule has 1 unspecified atom stereocenters. The van der Waals surface area contributed by atoms with Crippen molar-refractivity contribution in [1.29, 1.82) is 0 Å². The molecule has 0 aliphatic rings. The van der Waals surface area contributed by atoms with E-state index in [0.29, 0.717) is 17.8 Å². The fourth-order valence-corrected chi connectivity index (χ4v) is 1.70. The molecular weight excluding hydrogens is 270 g/mol. The van der Waals surface area contributed by atoms with E-state index in [0.717, 1.165) is 13.0 Å². The highest BCUT2D eigenvalue weighted by Gasteiger charge is 2.10. The number of rotatable bonds is 7. The molecular formula is C12H21N9. The molecule has 0 saturated carbocycles. The summed E-state index contributed by atoms with van der Waals surface area (Å²) in [5.74, 6) is 1.43. The third-order valence-corrected chi connectivity index (χ3v) is 2.86. The molecule has 0 amide bonds. The molecule has 2 aromatic heterocycles. The molecule has 0 spiro atoms. The van der Waals surface area contributed by atoms with Gasteiger partial charge in [-0.25, -0.2) is 4.98 Å². The first-order chi connectivity index (χ1) is 10.1. The van der Waals surface area contributed by atoms with Crippen molar-refractivity contribution in [2.45, 2.75) is 19.4 Å². The quantitative estimate of drug-likeness (QED) is 0.749. The molecule has 0 aliphatic heterocycles. The molecule has 21 heavy (non-hydrogen) atoms. The molecule has 114 valence electrons. The first-order valence-corrected chi connectivity index (χ1v) is 6.78. The van der Waals surface area contributed by atoms with Crippen molar-refractivity contribution in [1.82, 2.24) is 34.6 Å².